The lowest BCUT2D eigenvalue weighted by Crippen LogP contribution is -1.99. The number of rotatable bonds is 4. The molecule has 0 aromatic heterocycles. The van der Waals surface area contributed by atoms with E-state index >= 15 is 0 Å². The number of benzene rings is 2. The van der Waals surface area contributed by atoms with Gasteiger partial charge in [0.1, 0.15) is 18.6 Å². The average molecular weight is 241 g/mol. The van der Waals surface area contributed by atoms with Crippen molar-refractivity contribution in [3.63, 3.8) is 0 Å². The molecule has 0 saturated carbocycles. The van der Waals surface area contributed by atoms with Crippen LogP contribution in [0.25, 0.3) is 0 Å². The Morgan fingerprint density at radius 1 is 1.17 bits per heavy atom. The number of anilines is 1. The maximum atomic E-state index is 10.6. The molecule has 0 aliphatic carbocycles. The van der Waals surface area contributed by atoms with E-state index < -0.39 is 0 Å². The van der Waals surface area contributed by atoms with Crippen molar-refractivity contribution in [2.75, 3.05) is 5.73 Å². The molecule has 0 radical (unpaired) electrons. The maximum absolute atomic E-state index is 10.6. The van der Waals surface area contributed by atoms with Crippen molar-refractivity contribution in [2.24, 2.45) is 0 Å². The molecular formula is C15H15NO2. The van der Waals surface area contributed by atoms with Crippen LogP contribution >= 0.6 is 0 Å². The molecule has 0 spiro atoms. The number of carbonyl (C=O) groups is 1. The number of ether oxygens (including phenoxy) is 1. The summed E-state index contributed by atoms with van der Waals surface area (Å²) in [6.07, 6.45) is 0.764. The molecule has 3 heteroatoms. The molecule has 0 atom stereocenters. The first-order chi connectivity index (χ1) is 8.69. The van der Waals surface area contributed by atoms with Gasteiger partial charge >= 0.3 is 0 Å². The van der Waals surface area contributed by atoms with Crippen LogP contribution in [0, 0.1) is 6.92 Å². The zero-order valence-corrected chi connectivity index (χ0v) is 10.2. The van der Waals surface area contributed by atoms with Crippen LogP contribution in [0.15, 0.2) is 42.5 Å². The Labute approximate surface area is 106 Å². The van der Waals surface area contributed by atoms with E-state index in [1.54, 1.807) is 18.2 Å². The number of hydrogen-bond donors (Lipinski definition) is 1. The highest BCUT2D eigenvalue weighted by Gasteiger charge is 2.02. The van der Waals surface area contributed by atoms with Crippen molar-refractivity contribution in [1.29, 1.82) is 0 Å². The van der Waals surface area contributed by atoms with Gasteiger partial charge in [0, 0.05) is 5.56 Å². The predicted molar refractivity (Wildman–Crippen MR) is 71.8 cm³/mol. The van der Waals surface area contributed by atoms with Gasteiger partial charge < -0.3 is 10.5 Å². The fourth-order valence-electron chi connectivity index (χ4n) is 1.62. The van der Waals surface area contributed by atoms with Gasteiger partial charge in [0.05, 0.1) is 5.69 Å². The van der Waals surface area contributed by atoms with Crippen LogP contribution < -0.4 is 10.5 Å². The molecule has 0 heterocycles. The van der Waals surface area contributed by atoms with Crippen molar-refractivity contribution in [2.45, 2.75) is 13.5 Å². The summed E-state index contributed by atoms with van der Waals surface area (Å²) in [7, 11) is 0. The zero-order valence-electron chi connectivity index (χ0n) is 10.2. The Morgan fingerprint density at radius 2 is 1.89 bits per heavy atom. The molecular weight excluding hydrogens is 226 g/mol. The molecule has 0 aliphatic rings. The molecule has 2 aromatic rings. The van der Waals surface area contributed by atoms with Crippen LogP contribution in [0.1, 0.15) is 21.5 Å². The van der Waals surface area contributed by atoms with Crippen LogP contribution in [-0.2, 0) is 6.61 Å². The van der Waals surface area contributed by atoms with Gasteiger partial charge in [0.15, 0.2) is 0 Å². The largest absolute Gasteiger partial charge is 0.487 e. The first kappa shape index (κ1) is 12.2. The molecule has 3 nitrogen and oxygen atoms in total. The van der Waals surface area contributed by atoms with Gasteiger partial charge in [-0.15, -0.1) is 0 Å². The Kier molecular flexibility index (Phi) is 3.63. The monoisotopic (exact) mass is 241 g/mol. The lowest BCUT2D eigenvalue weighted by atomic mass is 10.1. The highest BCUT2D eigenvalue weighted by Crippen LogP contribution is 2.23. The Hall–Kier alpha value is -2.29. The molecule has 0 aliphatic heterocycles. The van der Waals surface area contributed by atoms with E-state index in [-0.39, 0.29) is 0 Å². The third kappa shape index (κ3) is 2.88. The summed E-state index contributed by atoms with van der Waals surface area (Å²) in [5.74, 6) is 0.598. The zero-order chi connectivity index (χ0) is 13.0. The number of aldehydes is 1. The fourth-order valence-corrected chi connectivity index (χ4v) is 1.62. The SMILES string of the molecule is Cc1ccc(COc2ccc(C=O)cc2N)cc1. The third-order valence-corrected chi connectivity index (χ3v) is 2.68. The van der Waals surface area contributed by atoms with Gasteiger partial charge in [-0.05, 0) is 30.7 Å². The topological polar surface area (TPSA) is 52.3 Å². The molecule has 2 aromatic carbocycles. The number of carbonyl (C=O) groups excluding carboxylic acids is 1. The molecule has 2 N–H and O–H groups in total. The van der Waals surface area contributed by atoms with Gasteiger partial charge in [-0.25, -0.2) is 0 Å². The summed E-state index contributed by atoms with van der Waals surface area (Å²) in [6, 6.07) is 13.1. The summed E-state index contributed by atoms with van der Waals surface area (Å²) in [6.45, 7) is 2.51. The van der Waals surface area contributed by atoms with E-state index in [1.165, 1.54) is 5.56 Å². The van der Waals surface area contributed by atoms with Crippen molar-refractivity contribution >= 4 is 12.0 Å². The van der Waals surface area contributed by atoms with Crippen LogP contribution in [0.2, 0.25) is 0 Å². The van der Waals surface area contributed by atoms with E-state index in [9.17, 15) is 4.79 Å². The summed E-state index contributed by atoms with van der Waals surface area (Å²) >= 11 is 0. The van der Waals surface area contributed by atoms with E-state index in [4.69, 9.17) is 10.5 Å². The fraction of sp³-hybridized carbons (Fsp3) is 0.133. The minimum atomic E-state index is 0.463. The second-order valence-corrected chi connectivity index (χ2v) is 4.19. The van der Waals surface area contributed by atoms with Gasteiger partial charge in [0.2, 0.25) is 0 Å². The van der Waals surface area contributed by atoms with E-state index in [0.717, 1.165) is 11.8 Å². The van der Waals surface area contributed by atoms with E-state index in [2.05, 4.69) is 0 Å². The molecule has 0 saturated heterocycles. The highest BCUT2D eigenvalue weighted by atomic mass is 16.5. The number of nitrogen functional groups attached to an aromatic ring is 1. The summed E-state index contributed by atoms with van der Waals surface area (Å²) in [4.78, 5) is 10.6. The normalized spacial score (nSPS) is 10.1. The van der Waals surface area contributed by atoms with Crippen LogP contribution in [0.4, 0.5) is 5.69 Å². The smallest absolute Gasteiger partial charge is 0.150 e. The number of aryl methyl sites for hydroxylation is 1. The summed E-state index contributed by atoms with van der Waals surface area (Å²) in [5, 5.41) is 0. The molecule has 92 valence electrons. The van der Waals surface area contributed by atoms with Crippen molar-refractivity contribution in [3.05, 3.63) is 59.2 Å². The summed E-state index contributed by atoms with van der Waals surface area (Å²) in [5.41, 5.74) is 9.13. The molecule has 0 bridgehead atoms. The Morgan fingerprint density at radius 3 is 2.50 bits per heavy atom. The molecule has 0 unspecified atom stereocenters. The van der Waals surface area contributed by atoms with Crippen LogP contribution in [0.5, 0.6) is 5.75 Å². The van der Waals surface area contributed by atoms with Crippen LogP contribution in [-0.4, -0.2) is 6.29 Å². The number of hydrogen-bond acceptors (Lipinski definition) is 3. The van der Waals surface area contributed by atoms with E-state index in [0.29, 0.717) is 23.6 Å². The predicted octanol–water partition coefficient (Wildman–Crippen LogP) is 2.97. The third-order valence-electron chi connectivity index (χ3n) is 2.68. The maximum Gasteiger partial charge on any atom is 0.150 e. The first-order valence-electron chi connectivity index (χ1n) is 5.72. The standard InChI is InChI=1S/C15H15NO2/c1-11-2-4-12(5-3-11)10-18-15-7-6-13(9-17)8-14(15)16/h2-9H,10,16H2,1H3. The molecule has 0 amide bonds. The van der Waals surface area contributed by atoms with Crippen molar-refractivity contribution in [3.8, 4) is 5.75 Å². The molecule has 18 heavy (non-hydrogen) atoms. The Balaban J connectivity index is 2.06. The first-order valence-corrected chi connectivity index (χ1v) is 5.72. The second-order valence-electron chi connectivity index (χ2n) is 4.19. The van der Waals surface area contributed by atoms with Gasteiger partial charge in [0.25, 0.3) is 0 Å². The molecule has 2 rings (SSSR count). The highest BCUT2D eigenvalue weighted by molar-refractivity contribution is 5.78. The van der Waals surface area contributed by atoms with Gasteiger partial charge in [-0.2, -0.15) is 0 Å². The average Bonchev–Trinajstić information content (AvgIpc) is 2.39. The van der Waals surface area contributed by atoms with Crippen LogP contribution in [0.3, 0.4) is 0 Å². The van der Waals surface area contributed by atoms with E-state index in [1.807, 2.05) is 31.2 Å². The van der Waals surface area contributed by atoms with Crippen molar-refractivity contribution < 1.29 is 9.53 Å². The van der Waals surface area contributed by atoms with Crippen molar-refractivity contribution in [1.82, 2.24) is 0 Å². The number of nitrogens with two attached hydrogens (primary N) is 1. The minimum Gasteiger partial charge on any atom is -0.487 e. The summed E-state index contributed by atoms with van der Waals surface area (Å²) < 4.78 is 5.62. The minimum absolute atomic E-state index is 0.463. The van der Waals surface area contributed by atoms with Gasteiger partial charge in [-0.1, -0.05) is 29.8 Å². The second kappa shape index (κ2) is 5.36. The molecule has 0 fully saturated rings. The quantitative estimate of drug-likeness (QED) is 0.661. The lowest BCUT2D eigenvalue weighted by Gasteiger charge is -2.09. The Bertz CT molecular complexity index is 547. The lowest BCUT2D eigenvalue weighted by molar-refractivity contribution is 0.112. The van der Waals surface area contributed by atoms with Gasteiger partial charge in [-0.3, -0.25) is 4.79 Å².